The Labute approximate surface area is 177 Å². The van der Waals surface area contributed by atoms with E-state index in [9.17, 15) is 35.1 Å². The molecule has 0 amide bonds. The Kier molecular flexibility index (Phi) is 6.91. The maximum atomic E-state index is 12.2. The Bertz CT molecular complexity index is 723. The molecule has 12 nitrogen and oxygen atoms in total. The van der Waals surface area contributed by atoms with Gasteiger partial charge in [0.1, 0.15) is 30.0 Å². The highest BCUT2D eigenvalue weighted by molar-refractivity contribution is 5.89. The lowest BCUT2D eigenvalue weighted by Gasteiger charge is -2.44. The molecule has 0 unspecified atom stereocenters. The molecule has 12 heteroatoms. The minimum Gasteiger partial charge on any atom is -0.471 e. The van der Waals surface area contributed by atoms with Gasteiger partial charge in [-0.05, 0) is 6.92 Å². The van der Waals surface area contributed by atoms with Crippen molar-refractivity contribution in [2.75, 3.05) is 13.7 Å². The third kappa shape index (κ3) is 4.29. The number of fused-ring (bicyclic) bond motifs is 1. The number of aliphatic hydroxyl groups excluding tert-OH is 5. The Hall–Kier alpha value is -1.80. The van der Waals surface area contributed by atoms with Crippen LogP contribution in [-0.2, 0) is 33.3 Å². The van der Waals surface area contributed by atoms with Gasteiger partial charge in [-0.25, -0.2) is 4.79 Å². The van der Waals surface area contributed by atoms with Gasteiger partial charge in [0, 0.05) is 19.3 Å². The summed E-state index contributed by atoms with van der Waals surface area (Å²) in [6.45, 7) is 2.09. The molecule has 0 spiro atoms. The van der Waals surface area contributed by atoms with Crippen molar-refractivity contribution in [1.29, 1.82) is 0 Å². The van der Waals surface area contributed by atoms with Gasteiger partial charge < -0.3 is 49.2 Å². The summed E-state index contributed by atoms with van der Waals surface area (Å²) in [6, 6.07) is 0. The molecule has 5 N–H and O–H groups in total. The number of aliphatic hydroxyl groups is 5. The fraction of sp³-hybridized carbons (Fsp3) is 0.789. The van der Waals surface area contributed by atoms with E-state index in [0.717, 1.165) is 6.26 Å². The molecular weight excluding hydrogens is 420 g/mol. The predicted octanol–water partition coefficient (Wildman–Crippen LogP) is -2.47. The maximum absolute atomic E-state index is 12.2. The molecule has 10 atom stereocenters. The number of ether oxygens (including phenoxy) is 5. The summed E-state index contributed by atoms with van der Waals surface area (Å²) in [4.78, 5) is 23.9. The SMILES string of the molecule is COC(=O)C1=CO[C@@H](O[C@H]2O[C@@H](CO)[C@H](O)[C@@H](O)[C@@H]2O)[C@H]2[C@@H]1[C@H](O)C[C@]2(C)OC(C)=O. The molecule has 176 valence electrons. The van der Waals surface area contributed by atoms with Gasteiger partial charge in [-0.2, -0.15) is 0 Å². The smallest absolute Gasteiger partial charge is 0.337 e. The number of esters is 2. The van der Waals surface area contributed by atoms with E-state index < -0.39 is 79.1 Å². The third-order valence-corrected chi connectivity index (χ3v) is 6.02. The van der Waals surface area contributed by atoms with Gasteiger partial charge in [0.05, 0.1) is 37.6 Å². The van der Waals surface area contributed by atoms with Crippen LogP contribution in [0, 0.1) is 11.8 Å². The van der Waals surface area contributed by atoms with Crippen molar-refractivity contribution in [3.05, 3.63) is 11.8 Å². The van der Waals surface area contributed by atoms with Crippen molar-refractivity contribution in [3.8, 4) is 0 Å². The number of rotatable bonds is 5. The molecule has 2 heterocycles. The van der Waals surface area contributed by atoms with E-state index in [4.69, 9.17) is 23.7 Å². The highest BCUT2D eigenvalue weighted by Crippen LogP contribution is 2.51. The van der Waals surface area contributed by atoms with E-state index in [-0.39, 0.29) is 12.0 Å². The van der Waals surface area contributed by atoms with Crippen LogP contribution in [0.3, 0.4) is 0 Å². The zero-order valence-electron chi connectivity index (χ0n) is 17.3. The molecule has 31 heavy (non-hydrogen) atoms. The zero-order valence-corrected chi connectivity index (χ0v) is 17.3. The summed E-state index contributed by atoms with van der Waals surface area (Å²) in [7, 11) is 1.17. The molecule has 2 fully saturated rings. The van der Waals surface area contributed by atoms with Crippen molar-refractivity contribution >= 4 is 11.9 Å². The molecule has 3 aliphatic rings. The minimum atomic E-state index is -1.70. The Morgan fingerprint density at radius 2 is 1.84 bits per heavy atom. The van der Waals surface area contributed by atoms with Gasteiger partial charge in [-0.1, -0.05) is 0 Å². The van der Waals surface area contributed by atoms with Crippen LogP contribution in [0.5, 0.6) is 0 Å². The first kappa shape index (κ1) is 23.9. The summed E-state index contributed by atoms with van der Waals surface area (Å²) in [5.41, 5.74) is -1.30. The van der Waals surface area contributed by atoms with Crippen LogP contribution in [-0.4, -0.2) is 99.9 Å². The van der Waals surface area contributed by atoms with Crippen molar-refractivity contribution in [3.63, 3.8) is 0 Å². The van der Waals surface area contributed by atoms with Gasteiger partial charge in [-0.3, -0.25) is 4.79 Å². The van der Waals surface area contributed by atoms with E-state index >= 15 is 0 Å². The molecular formula is C19H28O12. The Balaban J connectivity index is 1.93. The van der Waals surface area contributed by atoms with E-state index in [2.05, 4.69) is 0 Å². The van der Waals surface area contributed by atoms with E-state index in [0.29, 0.717) is 0 Å². The van der Waals surface area contributed by atoms with Gasteiger partial charge in [-0.15, -0.1) is 0 Å². The standard InChI is InChI=1S/C19H28O12/c1-7(21)31-19(2)4-9(22)11-8(16(26)27-3)6-28-17(12(11)19)30-18-15(25)14(24)13(23)10(5-20)29-18/h6,9-15,17-18,20,22-25H,4-5H2,1-3H3/t9-,10+,11+,12-,13+,14-,15+,17+,18-,19+/m1/s1. The average Bonchev–Trinajstić information content (AvgIpc) is 2.98. The average molecular weight is 448 g/mol. The Morgan fingerprint density at radius 1 is 1.16 bits per heavy atom. The Morgan fingerprint density at radius 3 is 2.42 bits per heavy atom. The summed E-state index contributed by atoms with van der Waals surface area (Å²) >= 11 is 0. The molecule has 0 radical (unpaired) electrons. The number of hydrogen-bond donors (Lipinski definition) is 5. The molecule has 0 aromatic rings. The molecule has 1 aliphatic carbocycles. The molecule has 3 rings (SSSR count). The van der Waals surface area contributed by atoms with Crippen molar-refractivity contribution in [1.82, 2.24) is 0 Å². The van der Waals surface area contributed by atoms with E-state index in [1.807, 2.05) is 0 Å². The van der Waals surface area contributed by atoms with Crippen molar-refractivity contribution in [2.45, 2.75) is 69.0 Å². The number of methoxy groups -OCH3 is 1. The van der Waals surface area contributed by atoms with Crippen LogP contribution in [0.4, 0.5) is 0 Å². The first-order chi connectivity index (χ1) is 14.5. The summed E-state index contributed by atoms with van der Waals surface area (Å²) < 4.78 is 26.8. The molecule has 0 aromatic carbocycles. The van der Waals surface area contributed by atoms with Crippen LogP contribution < -0.4 is 0 Å². The second-order valence-corrected chi connectivity index (χ2v) is 8.13. The molecule has 1 saturated carbocycles. The van der Waals surface area contributed by atoms with Gasteiger partial charge in [0.2, 0.25) is 6.29 Å². The van der Waals surface area contributed by atoms with Gasteiger partial charge >= 0.3 is 11.9 Å². The van der Waals surface area contributed by atoms with Crippen LogP contribution in [0.25, 0.3) is 0 Å². The number of carbonyl (C=O) groups is 2. The monoisotopic (exact) mass is 448 g/mol. The maximum Gasteiger partial charge on any atom is 0.337 e. The van der Waals surface area contributed by atoms with Crippen LogP contribution in [0.15, 0.2) is 11.8 Å². The summed E-state index contributed by atoms with van der Waals surface area (Å²) in [5, 5.41) is 50.3. The van der Waals surface area contributed by atoms with Gasteiger partial charge in [0.15, 0.2) is 6.29 Å². The van der Waals surface area contributed by atoms with E-state index in [1.54, 1.807) is 6.92 Å². The quantitative estimate of drug-likeness (QED) is 0.280. The molecule has 2 aliphatic heterocycles. The topological polar surface area (TPSA) is 181 Å². The highest BCUT2D eigenvalue weighted by Gasteiger charge is 2.61. The fourth-order valence-corrected chi connectivity index (χ4v) is 4.63. The largest absolute Gasteiger partial charge is 0.471 e. The normalized spacial score (nSPS) is 44.6. The lowest BCUT2D eigenvalue weighted by molar-refractivity contribution is -0.346. The molecule has 0 aromatic heterocycles. The second kappa shape index (κ2) is 8.98. The second-order valence-electron chi connectivity index (χ2n) is 8.13. The first-order valence-electron chi connectivity index (χ1n) is 9.81. The predicted molar refractivity (Wildman–Crippen MR) is 97.6 cm³/mol. The lowest BCUT2D eigenvalue weighted by Crippen LogP contribution is -2.61. The summed E-state index contributed by atoms with van der Waals surface area (Å²) in [6.07, 6.45) is -9.07. The highest BCUT2D eigenvalue weighted by atomic mass is 16.8. The van der Waals surface area contributed by atoms with Crippen LogP contribution in [0.2, 0.25) is 0 Å². The van der Waals surface area contributed by atoms with Crippen molar-refractivity contribution < 1.29 is 58.8 Å². The third-order valence-electron chi connectivity index (χ3n) is 6.02. The summed E-state index contributed by atoms with van der Waals surface area (Å²) in [5.74, 6) is -3.18. The lowest BCUT2D eigenvalue weighted by atomic mass is 9.80. The van der Waals surface area contributed by atoms with Crippen LogP contribution >= 0.6 is 0 Å². The fourth-order valence-electron chi connectivity index (χ4n) is 4.63. The van der Waals surface area contributed by atoms with Crippen molar-refractivity contribution in [2.24, 2.45) is 11.8 Å². The van der Waals surface area contributed by atoms with E-state index in [1.165, 1.54) is 14.0 Å². The van der Waals surface area contributed by atoms with Crippen LogP contribution in [0.1, 0.15) is 20.3 Å². The minimum absolute atomic E-state index is 0.0181. The van der Waals surface area contributed by atoms with Gasteiger partial charge in [0.25, 0.3) is 0 Å². The molecule has 0 bridgehead atoms. The first-order valence-corrected chi connectivity index (χ1v) is 9.81. The number of carbonyl (C=O) groups excluding carboxylic acids is 2. The molecule has 1 saturated heterocycles. The number of hydrogen-bond acceptors (Lipinski definition) is 12. The zero-order chi connectivity index (χ0) is 23.1.